The summed E-state index contributed by atoms with van der Waals surface area (Å²) in [6, 6.07) is 17.9. The van der Waals surface area contributed by atoms with Gasteiger partial charge in [0.1, 0.15) is 0 Å². The maximum absolute atomic E-state index is 12.0. The number of pyridine rings is 1. The average Bonchev–Trinajstić information content (AvgIpc) is 2.78. The van der Waals surface area contributed by atoms with Crippen LogP contribution in [0.2, 0.25) is 0 Å². The lowest BCUT2D eigenvalue weighted by Gasteiger charge is -2.02. The second-order valence-electron chi connectivity index (χ2n) is 4.92. The molecule has 3 nitrogen and oxygen atoms in total. The average molecular weight is 260 g/mol. The van der Waals surface area contributed by atoms with E-state index in [2.05, 4.69) is 0 Å². The molecule has 0 N–H and O–H groups in total. The van der Waals surface area contributed by atoms with Crippen LogP contribution in [0, 0.1) is 0 Å². The lowest BCUT2D eigenvalue weighted by atomic mass is 10.2. The zero-order valence-electron chi connectivity index (χ0n) is 11.0. The van der Waals surface area contributed by atoms with Crippen molar-refractivity contribution in [2.75, 3.05) is 0 Å². The molecule has 0 fully saturated rings. The quantitative estimate of drug-likeness (QED) is 0.479. The van der Waals surface area contributed by atoms with Crippen molar-refractivity contribution in [3.05, 3.63) is 54.6 Å². The van der Waals surface area contributed by atoms with Crippen molar-refractivity contribution in [1.82, 2.24) is 9.55 Å². The highest BCUT2D eigenvalue weighted by Crippen LogP contribution is 2.29. The van der Waals surface area contributed by atoms with E-state index >= 15 is 0 Å². The van der Waals surface area contributed by atoms with Gasteiger partial charge in [0, 0.05) is 17.7 Å². The number of aromatic nitrogens is 2. The van der Waals surface area contributed by atoms with Crippen LogP contribution in [0.25, 0.3) is 32.8 Å². The first-order valence-corrected chi connectivity index (χ1v) is 6.55. The molecule has 0 bridgehead atoms. The topological polar surface area (TPSA) is 34.9 Å². The van der Waals surface area contributed by atoms with E-state index < -0.39 is 0 Å². The predicted octanol–water partition coefficient (Wildman–Crippen LogP) is 4.00. The summed E-state index contributed by atoms with van der Waals surface area (Å²) in [4.78, 5) is 16.7. The van der Waals surface area contributed by atoms with Gasteiger partial charge in [-0.1, -0.05) is 36.4 Å². The number of rotatable bonds is 0. The third kappa shape index (κ3) is 1.40. The van der Waals surface area contributed by atoms with E-state index in [1.807, 2.05) is 54.6 Å². The molecule has 96 valence electrons. The van der Waals surface area contributed by atoms with Crippen LogP contribution in [0.1, 0.15) is 11.7 Å². The first-order chi connectivity index (χ1) is 9.75. The van der Waals surface area contributed by atoms with Gasteiger partial charge in [0.05, 0.1) is 22.1 Å². The summed E-state index contributed by atoms with van der Waals surface area (Å²) in [6.07, 6.45) is 0. The van der Waals surface area contributed by atoms with E-state index in [4.69, 9.17) is 4.98 Å². The third-order valence-corrected chi connectivity index (χ3v) is 3.66. The van der Waals surface area contributed by atoms with Crippen molar-refractivity contribution in [2.24, 2.45) is 0 Å². The summed E-state index contributed by atoms with van der Waals surface area (Å²) in [6.45, 7) is 1.58. The van der Waals surface area contributed by atoms with Crippen molar-refractivity contribution in [1.29, 1.82) is 0 Å². The summed E-state index contributed by atoms with van der Waals surface area (Å²) in [5.41, 5.74) is 3.62. The highest BCUT2D eigenvalue weighted by atomic mass is 16.1. The highest BCUT2D eigenvalue weighted by molar-refractivity contribution is 6.13. The van der Waals surface area contributed by atoms with Crippen LogP contribution in [0.15, 0.2) is 54.6 Å². The first kappa shape index (κ1) is 11.2. The largest absolute Gasteiger partial charge is 0.278 e. The Morgan fingerprint density at radius 3 is 2.60 bits per heavy atom. The number of benzene rings is 2. The van der Waals surface area contributed by atoms with Crippen LogP contribution in [-0.4, -0.2) is 15.5 Å². The standard InChI is InChI=1S/C17H12N2O/c1-11(20)19-15-9-5-3-7-13(15)17-16(19)10-12-6-2-4-8-14(12)18-17/h2-10H,1H3. The number of carbonyl (C=O) groups is 1. The van der Waals surface area contributed by atoms with E-state index in [1.165, 1.54) is 0 Å². The van der Waals surface area contributed by atoms with Crippen molar-refractivity contribution >= 4 is 38.7 Å². The fourth-order valence-corrected chi connectivity index (χ4v) is 2.81. The second-order valence-corrected chi connectivity index (χ2v) is 4.92. The molecule has 4 rings (SSSR count). The smallest absolute Gasteiger partial charge is 0.228 e. The molecule has 3 heteroatoms. The zero-order valence-corrected chi connectivity index (χ0v) is 11.0. The number of hydrogen-bond acceptors (Lipinski definition) is 2. The van der Waals surface area contributed by atoms with Crippen LogP contribution in [-0.2, 0) is 0 Å². The molecule has 0 atom stereocenters. The molecule has 0 aliphatic carbocycles. The van der Waals surface area contributed by atoms with Crippen molar-refractivity contribution in [3.8, 4) is 0 Å². The van der Waals surface area contributed by atoms with Gasteiger partial charge in [0.2, 0.25) is 5.91 Å². The predicted molar refractivity (Wildman–Crippen MR) is 81.0 cm³/mol. The van der Waals surface area contributed by atoms with Crippen molar-refractivity contribution in [2.45, 2.75) is 6.92 Å². The summed E-state index contributed by atoms with van der Waals surface area (Å²) < 4.78 is 1.74. The monoisotopic (exact) mass is 260 g/mol. The molecule has 0 unspecified atom stereocenters. The number of nitrogens with zero attached hydrogens (tertiary/aromatic N) is 2. The van der Waals surface area contributed by atoms with E-state index in [0.717, 1.165) is 32.8 Å². The second kappa shape index (κ2) is 3.90. The van der Waals surface area contributed by atoms with Gasteiger partial charge in [-0.15, -0.1) is 0 Å². The van der Waals surface area contributed by atoms with E-state index in [1.54, 1.807) is 11.5 Å². The number of para-hydroxylation sites is 2. The van der Waals surface area contributed by atoms with Crippen molar-refractivity contribution in [3.63, 3.8) is 0 Å². The molecule has 0 saturated carbocycles. The molecule has 20 heavy (non-hydrogen) atoms. The summed E-state index contributed by atoms with van der Waals surface area (Å²) in [7, 11) is 0. The normalized spacial score (nSPS) is 11.4. The molecular formula is C17H12N2O. The maximum atomic E-state index is 12.0. The summed E-state index contributed by atoms with van der Waals surface area (Å²) >= 11 is 0. The Morgan fingerprint density at radius 2 is 1.75 bits per heavy atom. The first-order valence-electron chi connectivity index (χ1n) is 6.55. The van der Waals surface area contributed by atoms with Gasteiger partial charge in [0.15, 0.2) is 0 Å². The Balaban J connectivity index is 2.32. The van der Waals surface area contributed by atoms with Gasteiger partial charge in [0.25, 0.3) is 0 Å². The van der Waals surface area contributed by atoms with Crippen LogP contribution in [0.4, 0.5) is 0 Å². The van der Waals surface area contributed by atoms with E-state index in [9.17, 15) is 4.79 Å². The maximum Gasteiger partial charge on any atom is 0.228 e. The molecule has 0 radical (unpaired) electrons. The van der Waals surface area contributed by atoms with E-state index in [-0.39, 0.29) is 5.91 Å². The Bertz CT molecular complexity index is 982. The van der Waals surface area contributed by atoms with Gasteiger partial charge >= 0.3 is 0 Å². The number of hydrogen-bond donors (Lipinski definition) is 0. The zero-order chi connectivity index (χ0) is 13.7. The molecule has 4 aromatic rings. The minimum atomic E-state index is 0.00767. The molecule has 2 aromatic heterocycles. The van der Waals surface area contributed by atoms with E-state index in [0.29, 0.717) is 0 Å². The fraction of sp³-hybridized carbons (Fsp3) is 0.0588. The molecule has 2 heterocycles. The Kier molecular flexibility index (Phi) is 2.18. The molecule has 2 aromatic carbocycles. The van der Waals surface area contributed by atoms with Crippen LogP contribution < -0.4 is 0 Å². The third-order valence-electron chi connectivity index (χ3n) is 3.66. The van der Waals surface area contributed by atoms with Crippen molar-refractivity contribution < 1.29 is 4.79 Å². The van der Waals surface area contributed by atoms with Gasteiger partial charge in [-0.05, 0) is 18.2 Å². The number of fused-ring (bicyclic) bond motifs is 4. The molecule has 0 saturated heterocycles. The van der Waals surface area contributed by atoms with Gasteiger partial charge < -0.3 is 0 Å². The molecular weight excluding hydrogens is 248 g/mol. The molecule has 0 spiro atoms. The molecule has 0 aliphatic rings. The summed E-state index contributed by atoms with van der Waals surface area (Å²) in [5, 5.41) is 2.06. The SMILES string of the molecule is CC(=O)n1c2ccccc2c2nc3ccccc3cc21. The highest BCUT2D eigenvalue weighted by Gasteiger charge is 2.14. The minimum Gasteiger partial charge on any atom is -0.278 e. The van der Waals surface area contributed by atoms with Crippen LogP contribution in [0.5, 0.6) is 0 Å². The van der Waals surface area contributed by atoms with Crippen LogP contribution in [0.3, 0.4) is 0 Å². The minimum absolute atomic E-state index is 0.00767. The number of carbonyl (C=O) groups excluding carboxylic acids is 1. The van der Waals surface area contributed by atoms with Gasteiger partial charge in [-0.25, -0.2) is 4.98 Å². The molecule has 0 aliphatic heterocycles. The van der Waals surface area contributed by atoms with Gasteiger partial charge in [-0.3, -0.25) is 9.36 Å². The van der Waals surface area contributed by atoms with Crippen LogP contribution >= 0.6 is 0 Å². The molecule has 0 amide bonds. The summed E-state index contributed by atoms with van der Waals surface area (Å²) in [5.74, 6) is 0.00767. The Labute approximate surface area is 115 Å². The lowest BCUT2D eigenvalue weighted by Crippen LogP contribution is -2.04. The lowest BCUT2D eigenvalue weighted by molar-refractivity contribution is 0.0946. The van der Waals surface area contributed by atoms with Gasteiger partial charge in [-0.2, -0.15) is 0 Å². The fourth-order valence-electron chi connectivity index (χ4n) is 2.81. The Hall–Kier alpha value is -2.68. The Morgan fingerprint density at radius 1 is 1.00 bits per heavy atom.